The van der Waals surface area contributed by atoms with Crippen molar-refractivity contribution in [3.8, 4) is 6.07 Å². The molecule has 0 saturated carbocycles. The fourth-order valence-corrected chi connectivity index (χ4v) is 2.41. The molecular formula is C13H17NS2. The molecule has 0 atom stereocenters. The average Bonchev–Trinajstić information content (AvgIpc) is 2.32. The number of nitriles is 1. The summed E-state index contributed by atoms with van der Waals surface area (Å²) in [5.74, 6) is 0. The number of thiocarbonyl (C=S) groups is 1. The molecule has 0 N–H and O–H groups in total. The van der Waals surface area contributed by atoms with Gasteiger partial charge < -0.3 is 0 Å². The zero-order chi connectivity index (χ0) is 12.6. The van der Waals surface area contributed by atoms with Crippen molar-refractivity contribution in [1.82, 2.24) is 0 Å². The summed E-state index contributed by atoms with van der Waals surface area (Å²) < 4.78 is 0.324. The van der Waals surface area contributed by atoms with E-state index in [0.29, 0.717) is 0 Å². The lowest BCUT2D eigenvalue weighted by atomic mass is 10.2. The maximum absolute atomic E-state index is 8.86. The van der Waals surface area contributed by atoms with E-state index in [-0.39, 0.29) is 0 Å². The highest BCUT2D eigenvalue weighted by Gasteiger charge is 2.20. The third-order valence-corrected chi connectivity index (χ3v) is 3.13. The molecule has 3 heteroatoms. The molecule has 0 spiro atoms. The molecule has 0 aliphatic rings. The highest BCUT2D eigenvalue weighted by atomic mass is 32.2. The van der Waals surface area contributed by atoms with Gasteiger partial charge in [0.1, 0.15) is 4.75 Å². The number of hydrogen-bond acceptors (Lipinski definition) is 3. The van der Waals surface area contributed by atoms with Gasteiger partial charge in [0, 0.05) is 0 Å². The van der Waals surface area contributed by atoms with E-state index in [1.807, 2.05) is 58.0 Å². The molecule has 0 aromatic heterocycles. The van der Waals surface area contributed by atoms with Crippen molar-refractivity contribution < 1.29 is 0 Å². The summed E-state index contributed by atoms with van der Waals surface area (Å²) in [5.41, 5.74) is 1.01. The predicted octanol–water partition coefficient (Wildman–Crippen LogP) is 4.42. The van der Waals surface area contributed by atoms with Gasteiger partial charge in [-0.25, -0.2) is 0 Å². The van der Waals surface area contributed by atoms with Gasteiger partial charge in [0.05, 0.1) is 10.3 Å². The Bertz CT molecular complexity index is 363. The van der Waals surface area contributed by atoms with Crippen LogP contribution in [-0.4, -0.2) is 8.94 Å². The second-order valence-corrected chi connectivity index (χ2v) is 5.68. The monoisotopic (exact) mass is 251 g/mol. The number of rotatable bonds is 2. The van der Waals surface area contributed by atoms with Crippen molar-refractivity contribution in [2.24, 2.45) is 0 Å². The van der Waals surface area contributed by atoms with Gasteiger partial charge in [-0.15, -0.1) is 0 Å². The van der Waals surface area contributed by atoms with E-state index >= 15 is 0 Å². The van der Waals surface area contributed by atoms with Gasteiger partial charge in [-0.1, -0.05) is 68.2 Å². The highest BCUT2D eigenvalue weighted by Crippen LogP contribution is 2.27. The van der Waals surface area contributed by atoms with Crippen molar-refractivity contribution in [3.63, 3.8) is 0 Å². The summed E-state index contributed by atoms with van der Waals surface area (Å²) in [6, 6.07) is 12.0. The SMILES string of the molecule is CC.CC(C)(C#N)SC(=S)c1ccccc1. The number of hydrogen-bond donors (Lipinski definition) is 0. The summed E-state index contributed by atoms with van der Waals surface area (Å²) in [7, 11) is 0. The lowest BCUT2D eigenvalue weighted by molar-refractivity contribution is 0.921. The van der Waals surface area contributed by atoms with Gasteiger partial charge >= 0.3 is 0 Å². The van der Waals surface area contributed by atoms with E-state index in [1.54, 1.807) is 0 Å². The first-order valence-corrected chi connectivity index (χ1v) is 6.47. The molecular weight excluding hydrogens is 234 g/mol. The maximum atomic E-state index is 8.86. The quantitative estimate of drug-likeness (QED) is 0.727. The summed E-state index contributed by atoms with van der Waals surface area (Å²) in [4.78, 5) is 0. The van der Waals surface area contributed by atoms with Crippen LogP contribution in [0.4, 0.5) is 0 Å². The van der Waals surface area contributed by atoms with Gasteiger partial charge in [0.2, 0.25) is 0 Å². The first kappa shape index (κ1) is 15.2. The van der Waals surface area contributed by atoms with E-state index < -0.39 is 4.75 Å². The second-order valence-electron chi connectivity index (χ2n) is 3.38. The third kappa shape index (κ3) is 5.29. The average molecular weight is 251 g/mol. The normalized spacial score (nSPS) is 9.69. The Morgan fingerprint density at radius 3 is 2.19 bits per heavy atom. The molecule has 1 aromatic carbocycles. The molecule has 0 saturated heterocycles. The van der Waals surface area contributed by atoms with Gasteiger partial charge in [-0.2, -0.15) is 5.26 Å². The van der Waals surface area contributed by atoms with Crippen LogP contribution in [0.5, 0.6) is 0 Å². The summed E-state index contributed by atoms with van der Waals surface area (Å²) in [6.45, 7) is 7.74. The molecule has 1 rings (SSSR count). The molecule has 86 valence electrons. The van der Waals surface area contributed by atoms with Gasteiger partial charge in [-0.3, -0.25) is 0 Å². The Morgan fingerprint density at radius 1 is 1.25 bits per heavy atom. The minimum absolute atomic E-state index is 0.451. The Morgan fingerprint density at radius 2 is 1.75 bits per heavy atom. The predicted molar refractivity (Wildman–Crippen MR) is 76.8 cm³/mol. The first-order valence-electron chi connectivity index (χ1n) is 5.25. The highest BCUT2D eigenvalue weighted by molar-refractivity contribution is 8.24. The Hall–Kier alpha value is -0.850. The second kappa shape index (κ2) is 7.43. The van der Waals surface area contributed by atoms with Crippen LogP contribution in [0.2, 0.25) is 0 Å². The lowest BCUT2D eigenvalue weighted by Crippen LogP contribution is -2.13. The van der Waals surface area contributed by atoms with Crippen LogP contribution in [0.15, 0.2) is 30.3 Å². The topological polar surface area (TPSA) is 23.8 Å². The molecule has 0 fully saturated rings. The van der Waals surface area contributed by atoms with E-state index in [2.05, 4.69) is 6.07 Å². The van der Waals surface area contributed by atoms with Crippen LogP contribution in [0.1, 0.15) is 33.3 Å². The molecule has 0 aliphatic carbocycles. The number of thioether (sulfide) groups is 1. The minimum atomic E-state index is -0.451. The standard InChI is InChI=1S/C11H11NS2.C2H6/c1-11(2,8-12)14-10(13)9-6-4-3-5-7-9;1-2/h3-7H,1-2H3;1-2H3. The van der Waals surface area contributed by atoms with Crippen molar-refractivity contribution in [2.45, 2.75) is 32.4 Å². The van der Waals surface area contributed by atoms with Crippen LogP contribution in [-0.2, 0) is 0 Å². The number of nitrogens with zero attached hydrogens (tertiary/aromatic N) is 1. The van der Waals surface area contributed by atoms with E-state index in [1.165, 1.54) is 11.8 Å². The zero-order valence-corrected chi connectivity index (χ0v) is 11.8. The smallest absolute Gasteiger partial charge is 0.102 e. The third-order valence-electron chi connectivity index (χ3n) is 1.63. The fourth-order valence-electron chi connectivity index (χ4n) is 0.888. The van der Waals surface area contributed by atoms with Crippen molar-refractivity contribution in [1.29, 1.82) is 5.26 Å². The molecule has 0 heterocycles. The minimum Gasteiger partial charge on any atom is -0.197 e. The van der Waals surface area contributed by atoms with Crippen LogP contribution >= 0.6 is 24.0 Å². The van der Waals surface area contributed by atoms with Crippen LogP contribution in [0.3, 0.4) is 0 Å². The fraction of sp³-hybridized carbons (Fsp3) is 0.385. The molecule has 0 unspecified atom stereocenters. The van der Waals surface area contributed by atoms with Crippen LogP contribution < -0.4 is 0 Å². The van der Waals surface area contributed by atoms with Gasteiger partial charge in [-0.05, 0) is 19.4 Å². The molecule has 0 radical (unpaired) electrons. The lowest BCUT2D eigenvalue weighted by Gasteiger charge is -2.14. The maximum Gasteiger partial charge on any atom is 0.102 e. The zero-order valence-electron chi connectivity index (χ0n) is 10.2. The van der Waals surface area contributed by atoms with Crippen LogP contribution in [0.25, 0.3) is 0 Å². The molecule has 0 aliphatic heterocycles. The van der Waals surface area contributed by atoms with E-state index in [4.69, 9.17) is 17.5 Å². The van der Waals surface area contributed by atoms with Crippen molar-refractivity contribution in [3.05, 3.63) is 35.9 Å². The summed E-state index contributed by atoms with van der Waals surface area (Å²) in [6.07, 6.45) is 0. The Labute approximate surface area is 108 Å². The van der Waals surface area contributed by atoms with Gasteiger partial charge in [0.15, 0.2) is 0 Å². The molecule has 0 bridgehead atoms. The largest absolute Gasteiger partial charge is 0.197 e. The Balaban J connectivity index is 0.00000106. The molecule has 1 nitrogen and oxygen atoms in total. The van der Waals surface area contributed by atoms with E-state index in [0.717, 1.165) is 9.76 Å². The Kier molecular flexibility index (Phi) is 7.03. The number of benzene rings is 1. The molecule has 1 aromatic rings. The first-order chi connectivity index (χ1) is 7.55. The van der Waals surface area contributed by atoms with Gasteiger partial charge in [0.25, 0.3) is 0 Å². The molecule has 16 heavy (non-hydrogen) atoms. The summed E-state index contributed by atoms with van der Waals surface area (Å²) >= 11 is 6.67. The summed E-state index contributed by atoms with van der Waals surface area (Å²) in [5, 5.41) is 8.86. The molecule has 0 amide bonds. The van der Waals surface area contributed by atoms with E-state index in [9.17, 15) is 0 Å². The van der Waals surface area contributed by atoms with Crippen molar-refractivity contribution >= 4 is 28.2 Å². The van der Waals surface area contributed by atoms with Crippen LogP contribution in [0, 0.1) is 11.3 Å². The van der Waals surface area contributed by atoms with Crippen molar-refractivity contribution in [2.75, 3.05) is 0 Å².